The summed E-state index contributed by atoms with van der Waals surface area (Å²) in [6, 6.07) is 16.4. The number of nitrogens with one attached hydrogen (secondary N) is 2. The number of carbonyl (C=O) groups is 2. The number of hydrogen-bond acceptors (Lipinski definition) is 5. The van der Waals surface area contributed by atoms with Gasteiger partial charge < -0.3 is 18.8 Å². The Bertz CT molecular complexity index is 1120. The molecule has 0 saturated heterocycles. The number of aryl methyl sites for hydroxylation is 1. The van der Waals surface area contributed by atoms with Crippen LogP contribution in [-0.2, 0) is 4.79 Å². The Morgan fingerprint density at radius 2 is 1.74 bits per heavy atom. The van der Waals surface area contributed by atoms with Gasteiger partial charge >= 0.3 is 0 Å². The fourth-order valence-corrected chi connectivity index (χ4v) is 3.54. The number of aromatic nitrogens is 1. The van der Waals surface area contributed by atoms with E-state index in [4.69, 9.17) is 14.2 Å². The molecule has 160 valence electrons. The van der Waals surface area contributed by atoms with Gasteiger partial charge in [-0.2, -0.15) is 0 Å². The highest BCUT2D eigenvalue weighted by molar-refractivity contribution is 5.97. The summed E-state index contributed by atoms with van der Waals surface area (Å²) in [4.78, 5) is 25.2. The van der Waals surface area contributed by atoms with Gasteiger partial charge in [-0.25, -0.2) is 0 Å². The van der Waals surface area contributed by atoms with Crippen LogP contribution in [0.1, 0.15) is 21.7 Å². The lowest BCUT2D eigenvalue weighted by Crippen LogP contribution is -2.50. The first kappa shape index (κ1) is 20.3. The van der Waals surface area contributed by atoms with Gasteiger partial charge in [-0.05, 0) is 56.3 Å². The second kappa shape index (κ2) is 8.43. The van der Waals surface area contributed by atoms with Gasteiger partial charge in [0, 0.05) is 17.1 Å². The van der Waals surface area contributed by atoms with E-state index in [1.165, 1.54) is 0 Å². The summed E-state index contributed by atoms with van der Waals surface area (Å²) in [6.07, 6.45) is -0.859. The average molecular weight is 421 g/mol. The van der Waals surface area contributed by atoms with Crippen molar-refractivity contribution in [2.24, 2.45) is 0 Å². The van der Waals surface area contributed by atoms with Crippen LogP contribution in [-0.4, -0.2) is 36.2 Å². The van der Waals surface area contributed by atoms with Gasteiger partial charge in [-0.15, -0.1) is 0 Å². The first-order valence-corrected chi connectivity index (χ1v) is 9.80. The zero-order valence-electron chi connectivity index (χ0n) is 17.5. The SMILES string of the molecule is COc1ccc(-n2c(C)cc(C(=O)NNC(=O)C3COc4ccccc4O3)c2C)cc1. The number of amides is 2. The minimum Gasteiger partial charge on any atom is -0.497 e. The molecule has 4 rings (SSSR count). The first-order chi connectivity index (χ1) is 15.0. The van der Waals surface area contributed by atoms with Gasteiger partial charge in [0.15, 0.2) is 11.5 Å². The number of nitrogens with zero attached hydrogens (tertiary/aromatic N) is 1. The van der Waals surface area contributed by atoms with Gasteiger partial charge in [-0.3, -0.25) is 20.4 Å². The number of methoxy groups -OCH3 is 1. The third-order valence-corrected chi connectivity index (χ3v) is 5.11. The molecule has 0 spiro atoms. The van der Waals surface area contributed by atoms with Crippen LogP contribution in [0.4, 0.5) is 0 Å². The first-order valence-electron chi connectivity index (χ1n) is 9.80. The summed E-state index contributed by atoms with van der Waals surface area (Å²) in [5.41, 5.74) is 7.89. The summed E-state index contributed by atoms with van der Waals surface area (Å²) >= 11 is 0. The number of hydrogen-bond donors (Lipinski definition) is 2. The molecular weight excluding hydrogens is 398 g/mol. The molecule has 1 aliphatic heterocycles. The fraction of sp³-hybridized carbons (Fsp3) is 0.217. The average Bonchev–Trinajstić information content (AvgIpc) is 3.10. The van der Waals surface area contributed by atoms with E-state index >= 15 is 0 Å². The molecule has 0 saturated carbocycles. The highest BCUT2D eigenvalue weighted by Crippen LogP contribution is 2.30. The summed E-state index contributed by atoms with van der Waals surface area (Å²) in [5.74, 6) is 0.915. The number of benzene rings is 2. The highest BCUT2D eigenvalue weighted by Gasteiger charge is 2.28. The van der Waals surface area contributed by atoms with Crippen molar-refractivity contribution in [1.29, 1.82) is 0 Å². The minimum atomic E-state index is -0.859. The molecule has 0 aliphatic carbocycles. The molecule has 2 amide bonds. The predicted octanol–water partition coefficient (Wildman–Crippen LogP) is 2.70. The molecule has 1 atom stereocenters. The molecule has 1 unspecified atom stereocenters. The topological polar surface area (TPSA) is 90.8 Å². The van der Waals surface area contributed by atoms with E-state index in [0.717, 1.165) is 22.8 Å². The lowest BCUT2D eigenvalue weighted by atomic mass is 10.2. The molecule has 3 aromatic rings. The molecule has 31 heavy (non-hydrogen) atoms. The van der Waals surface area contributed by atoms with Gasteiger partial charge in [-0.1, -0.05) is 12.1 Å². The lowest BCUT2D eigenvalue weighted by molar-refractivity contribution is -0.131. The monoisotopic (exact) mass is 421 g/mol. The minimum absolute atomic E-state index is 0.0602. The molecule has 2 aromatic carbocycles. The molecule has 8 nitrogen and oxygen atoms in total. The van der Waals surface area contributed by atoms with Crippen molar-refractivity contribution < 1.29 is 23.8 Å². The maximum Gasteiger partial charge on any atom is 0.283 e. The molecule has 8 heteroatoms. The Morgan fingerprint density at radius 1 is 1.03 bits per heavy atom. The van der Waals surface area contributed by atoms with Crippen molar-refractivity contribution >= 4 is 11.8 Å². The van der Waals surface area contributed by atoms with Crippen LogP contribution in [0.15, 0.2) is 54.6 Å². The predicted molar refractivity (Wildman–Crippen MR) is 114 cm³/mol. The smallest absolute Gasteiger partial charge is 0.283 e. The Labute approximate surface area is 179 Å². The van der Waals surface area contributed by atoms with Gasteiger partial charge in [0.1, 0.15) is 12.4 Å². The van der Waals surface area contributed by atoms with Crippen LogP contribution >= 0.6 is 0 Å². The number of rotatable bonds is 4. The standard InChI is InChI=1S/C23H23N3O5/c1-14-12-18(15(2)26(14)16-8-10-17(29-3)11-9-16)22(27)24-25-23(28)21-13-30-19-6-4-5-7-20(19)31-21/h4-12,21H,13H2,1-3H3,(H,24,27)(H,25,28). The van der Waals surface area contributed by atoms with Crippen LogP contribution in [0.2, 0.25) is 0 Å². The van der Waals surface area contributed by atoms with Crippen molar-refractivity contribution in [1.82, 2.24) is 15.4 Å². The van der Waals surface area contributed by atoms with Crippen molar-refractivity contribution in [3.8, 4) is 22.9 Å². The molecule has 0 bridgehead atoms. The lowest BCUT2D eigenvalue weighted by Gasteiger charge is -2.25. The maximum atomic E-state index is 12.7. The van der Waals surface area contributed by atoms with E-state index in [2.05, 4.69) is 10.9 Å². The highest BCUT2D eigenvalue weighted by atomic mass is 16.6. The molecule has 0 radical (unpaired) electrons. The third kappa shape index (κ3) is 4.05. The normalized spacial score (nSPS) is 14.6. The van der Waals surface area contributed by atoms with Crippen LogP contribution in [0.3, 0.4) is 0 Å². The zero-order valence-corrected chi connectivity index (χ0v) is 17.5. The quantitative estimate of drug-likeness (QED) is 0.632. The van der Waals surface area contributed by atoms with Gasteiger partial charge in [0.05, 0.1) is 12.7 Å². The van der Waals surface area contributed by atoms with E-state index in [-0.39, 0.29) is 6.61 Å². The van der Waals surface area contributed by atoms with Crippen molar-refractivity contribution in [2.75, 3.05) is 13.7 Å². The number of carbonyl (C=O) groups excluding carboxylic acids is 2. The Kier molecular flexibility index (Phi) is 5.53. The maximum absolute atomic E-state index is 12.7. The molecule has 1 aromatic heterocycles. The molecular formula is C23H23N3O5. The zero-order chi connectivity index (χ0) is 22.0. The van der Waals surface area contributed by atoms with Crippen LogP contribution in [0.25, 0.3) is 5.69 Å². The molecule has 2 N–H and O–H groups in total. The molecule has 0 fully saturated rings. The number of fused-ring (bicyclic) bond motifs is 1. The molecule has 2 heterocycles. The van der Waals surface area contributed by atoms with Gasteiger partial charge in [0.25, 0.3) is 11.8 Å². The fourth-order valence-electron chi connectivity index (χ4n) is 3.54. The Morgan fingerprint density at radius 3 is 2.45 bits per heavy atom. The van der Waals surface area contributed by atoms with Crippen LogP contribution in [0, 0.1) is 13.8 Å². The summed E-state index contributed by atoms with van der Waals surface area (Å²) < 4.78 is 18.4. The largest absolute Gasteiger partial charge is 0.497 e. The number of hydrazine groups is 1. The molecule has 1 aliphatic rings. The summed E-state index contributed by atoms with van der Waals surface area (Å²) in [7, 11) is 1.61. The number of para-hydroxylation sites is 2. The third-order valence-electron chi connectivity index (χ3n) is 5.11. The Balaban J connectivity index is 1.43. The van der Waals surface area contributed by atoms with E-state index in [0.29, 0.717) is 17.1 Å². The van der Waals surface area contributed by atoms with Crippen molar-refractivity contribution in [2.45, 2.75) is 20.0 Å². The van der Waals surface area contributed by atoms with Crippen LogP contribution < -0.4 is 25.1 Å². The summed E-state index contributed by atoms with van der Waals surface area (Å²) in [6.45, 7) is 3.82. The van der Waals surface area contributed by atoms with Gasteiger partial charge in [0.2, 0.25) is 6.10 Å². The van der Waals surface area contributed by atoms with E-state index < -0.39 is 17.9 Å². The van der Waals surface area contributed by atoms with Crippen molar-refractivity contribution in [3.63, 3.8) is 0 Å². The van der Waals surface area contributed by atoms with E-state index in [1.54, 1.807) is 31.4 Å². The van der Waals surface area contributed by atoms with Crippen molar-refractivity contribution in [3.05, 3.63) is 71.5 Å². The van der Waals surface area contributed by atoms with E-state index in [1.807, 2.05) is 48.7 Å². The summed E-state index contributed by atoms with van der Waals surface area (Å²) in [5, 5.41) is 0. The Hall–Kier alpha value is -3.94. The second-order valence-corrected chi connectivity index (χ2v) is 7.13. The second-order valence-electron chi connectivity index (χ2n) is 7.13. The van der Waals surface area contributed by atoms with Crippen LogP contribution in [0.5, 0.6) is 17.2 Å². The number of ether oxygens (including phenoxy) is 3. The van der Waals surface area contributed by atoms with E-state index in [9.17, 15) is 9.59 Å².